The van der Waals surface area contributed by atoms with Gasteiger partial charge in [0.1, 0.15) is 0 Å². The zero-order valence-electron chi connectivity index (χ0n) is 10.1. The maximum atomic E-state index is 12.7. The second kappa shape index (κ2) is 5.01. The van der Waals surface area contributed by atoms with Crippen LogP contribution in [0.1, 0.15) is 34.6 Å². The quantitative estimate of drug-likeness (QED) is 0.789. The molecule has 0 aliphatic rings. The molecule has 0 aliphatic carbocycles. The van der Waals surface area contributed by atoms with Crippen molar-refractivity contribution in [1.82, 2.24) is 4.72 Å². The number of nitrogens with one attached hydrogen (secondary N) is 1. The van der Waals surface area contributed by atoms with E-state index in [1.165, 1.54) is 6.92 Å². The summed E-state index contributed by atoms with van der Waals surface area (Å²) in [5, 5.41) is 0. The van der Waals surface area contributed by atoms with Crippen LogP contribution in [-0.4, -0.2) is 27.5 Å². The largest absolute Gasteiger partial charge is 0.431 e. The third-order valence-corrected chi connectivity index (χ3v) is 3.50. The van der Waals surface area contributed by atoms with E-state index in [1.54, 1.807) is 20.8 Å². The molecule has 0 saturated heterocycles. The van der Waals surface area contributed by atoms with Gasteiger partial charge in [-0.05, 0) is 34.6 Å². The first-order chi connectivity index (χ1) is 6.94. The lowest BCUT2D eigenvalue weighted by Gasteiger charge is -2.34. The van der Waals surface area contributed by atoms with Crippen molar-refractivity contribution in [2.75, 3.05) is 6.61 Å². The Balaban J connectivity index is 4.91. The van der Waals surface area contributed by atoms with Crippen LogP contribution in [0.3, 0.4) is 0 Å². The highest BCUT2D eigenvalue weighted by Crippen LogP contribution is 2.32. The van der Waals surface area contributed by atoms with Crippen LogP contribution in [0.2, 0.25) is 0 Å². The number of ether oxygens (including phenoxy) is 1. The van der Waals surface area contributed by atoms with E-state index in [4.69, 9.17) is 0 Å². The van der Waals surface area contributed by atoms with Crippen LogP contribution in [0.5, 0.6) is 0 Å². The van der Waals surface area contributed by atoms with E-state index in [-0.39, 0.29) is 6.61 Å². The highest BCUT2D eigenvalue weighted by molar-refractivity contribution is 7.84. The average Bonchev–Trinajstić information content (AvgIpc) is 2.00. The Hall–Kier alpha value is -0.140. The summed E-state index contributed by atoms with van der Waals surface area (Å²) in [5.41, 5.74) is -2.58. The molecule has 1 N–H and O–H groups in total. The number of hydrogen-bond donors (Lipinski definition) is 1. The fourth-order valence-corrected chi connectivity index (χ4v) is 1.62. The second-order valence-electron chi connectivity index (χ2n) is 4.45. The summed E-state index contributed by atoms with van der Waals surface area (Å²) in [5.74, 6) is 0. The van der Waals surface area contributed by atoms with Crippen molar-refractivity contribution in [3.8, 4) is 0 Å². The van der Waals surface area contributed by atoms with Crippen molar-refractivity contribution in [3.63, 3.8) is 0 Å². The van der Waals surface area contributed by atoms with Gasteiger partial charge >= 0.3 is 6.18 Å². The minimum Gasteiger partial charge on any atom is -0.352 e. The first kappa shape index (κ1) is 15.9. The fraction of sp³-hybridized carbons (Fsp3) is 1.00. The summed E-state index contributed by atoms with van der Waals surface area (Å²) >= 11 is 0. The molecule has 0 rings (SSSR count). The van der Waals surface area contributed by atoms with Gasteiger partial charge in [0.15, 0.2) is 0 Å². The highest BCUT2D eigenvalue weighted by Gasteiger charge is 2.54. The van der Waals surface area contributed by atoms with E-state index in [2.05, 4.69) is 4.74 Å². The van der Waals surface area contributed by atoms with Gasteiger partial charge in [-0.2, -0.15) is 13.2 Å². The molecule has 2 atom stereocenters. The Morgan fingerprint density at radius 2 is 1.62 bits per heavy atom. The van der Waals surface area contributed by atoms with Crippen LogP contribution in [-0.2, 0) is 15.7 Å². The molecule has 0 radical (unpaired) electrons. The molecule has 0 aromatic heterocycles. The summed E-state index contributed by atoms with van der Waals surface area (Å²) in [6, 6.07) is 0. The van der Waals surface area contributed by atoms with Crippen LogP contribution in [0.15, 0.2) is 0 Å². The molecular weight excluding hydrogens is 243 g/mol. The molecule has 0 amide bonds. The third kappa shape index (κ3) is 4.03. The Morgan fingerprint density at radius 1 is 1.19 bits per heavy atom. The molecule has 3 nitrogen and oxygen atoms in total. The van der Waals surface area contributed by atoms with Crippen molar-refractivity contribution in [1.29, 1.82) is 0 Å². The van der Waals surface area contributed by atoms with Gasteiger partial charge in [-0.3, -0.25) is 0 Å². The molecule has 0 aliphatic heterocycles. The lowest BCUT2D eigenvalue weighted by atomic mass is 10.3. The number of rotatable bonds is 4. The lowest BCUT2D eigenvalue weighted by Crippen LogP contribution is -2.59. The predicted octanol–water partition coefficient (Wildman–Crippen LogP) is 2.35. The van der Waals surface area contributed by atoms with Gasteiger partial charge in [0.05, 0.1) is 15.7 Å². The molecule has 0 aromatic rings. The van der Waals surface area contributed by atoms with Crippen LogP contribution < -0.4 is 4.72 Å². The molecule has 2 unspecified atom stereocenters. The van der Waals surface area contributed by atoms with Crippen LogP contribution >= 0.6 is 0 Å². The Morgan fingerprint density at radius 3 is 1.88 bits per heavy atom. The summed E-state index contributed by atoms with van der Waals surface area (Å²) in [6.45, 7) is 6.91. The maximum absolute atomic E-state index is 12.7. The lowest BCUT2D eigenvalue weighted by molar-refractivity contribution is -0.274. The van der Waals surface area contributed by atoms with Gasteiger partial charge in [-0.25, -0.2) is 8.93 Å². The first-order valence-corrected chi connectivity index (χ1v) is 5.99. The van der Waals surface area contributed by atoms with E-state index in [0.29, 0.717) is 0 Å². The summed E-state index contributed by atoms with van der Waals surface area (Å²) in [7, 11) is -1.85. The van der Waals surface area contributed by atoms with Gasteiger partial charge in [0, 0.05) is 6.61 Å². The van der Waals surface area contributed by atoms with Gasteiger partial charge in [0.2, 0.25) is 5.72 Å². The molecule has 98 valence electrons. The molecular formula is C9H18F3NO2S. The van der Waals surface area contributed by atoms with Gasteiger partial charge in [-0.15, -0.1) is 0 Å². The zero-order valence-corrected chi connectivity index (χ0v) is 10.9. The van der Waals surface area contributed by atoms with Gasteiger partial charge in [0.25, 0.3) is 0 Å². The second-order valence-corrected chi connectivity index (χ2v) is 6.41. The summed E-state index contributed by atoms with van der Waals surface area (Å²) in [4.78, 5) is 0. The maximum Gasteiger partial charge on any atom is 0.431 e. The van der Waals surface area contributed by atoms with Crippen molar-refractivity contribution >= 4 is 11.0 Å². The van der Waals surface area contributed by atoms with E-state index >= 15 is 0 Å². The van der Waals surface area contributed by atoms with Gasteiger partial charge in [-0.1, -0.05) is 0 Å². The zero-order chi connectivity index (χ0) is 13.2. The minimum atomic E-state index is -4.62. The smallest absolute Gasteiger partial charge is 0.352 e. The van der Waals surface area contributed by atoms with Crippen LogP contribution in [0.25, 0.3) is 0 Å². The molecule has 0 saturated carbocycles. The minimum absolute atomic E-state index is 0.121. The summed E-state index contributed by atoms with van der Waals surface area (Å²) in [6.07, 6.45) is -4.62. The van der Waals surface area contributed by atoms with Crippen molar-refractivity contribution in [3.05, 3.63) is 0 Å². The Bertz CT molecular complexity index is 262. The normalized spacial score (nSPS) is 19.2. The van der Waals surface area contributed by atoms with E-state index in [0.717, 1.165) is 6.92 Å². The number of hydrogen-bond acceptors (Lipinski definition) is 2. The van der Waals surface area contributed by atoms with Crippen molar-refractivity contribution in [2.24, 2.45) is 0 Å². The summed E-state index contributed by atoms with van der Waals surface area (Å²) < 4.78 is 55.6. The van der Waals surface area contributed by atoms with E-state index in [1.807, 2.05) is 4.72 Å². The van der Waals surface area contributed by atoms with Gasteiger partial charge < -0.3 is 4.74 Å². The molecule has 0 heterocycles. The van der Waals surface area contributed by atoms with Crippen molar-refractivity contribution in [2.45, 2.75) is 51.3 Å². The first-order valence-electron chi connectivity index (χ1n) is 4.84. The molecule has 16 heavy (non-hydrogen) atoms. The SMILES string of the molecule is CCOC(C)(NS(=O)C(C)(C)C)C(F)(F)F. The molecule has 0 bridgehead atoms. The topological polar surface area (TPSA) is 38.3 Å². The molecule has 0 fully saturated rings. The van der Waals surface area contributed by atoms with Crippen LogP contribution in [0, 0.1) is 0 Å². The van der Waals surface area contributed by atoms with E-state index in [9.17, 15) is 17.4 Å². The standard InChI is InChI=1S/C9H18F3NO2S/c1-6-15-8(5,9(10,11)12)13-16(14)7(2,3)4/h13H,6H2,1-5H3. The monoisotopic (exact) mass is 261 g/mol. The number of alkyl halides is 3. The Kier molecular flexibility index (Phi) is 4.97. The third-order valence-electron chi connectivity index (χ3n) is 1.82. The fourth-order valence-electron chi connectivity index (χ4n) is 0.788. The van der Waals surface area contributed by atoms with Crippen LogP contribution in [0.4, 0.5) is 13.2 Å². The molecule has 7 heteroatoms. The highest BCUT2D eigenvalue weighted by atomic mass is 32.2. The number of halogens is 3. The van der Waals surface area contributed by atoms with E-state index < -0.39 is 27.6 Å². The average molecular weight is 261 g/mol. The Labute approximate surface area is 96.3 Å². The molecule has 0 aromatic carbocycles. The van der Waals surface area contributed by atoms with Crippen molar-refractivity contribution < 1.29 is 22.1 Å². The molecule has 0 spiro atoms. The predicted molar refractivity (Wildman–Crippen MR) is 57.1 cm³/mol.